The number of aliphatic carboxylic acids is 1. The Bertz CT molecular complexity index is 3130. The van der Waals surface area contributed by atoms with Crippen LogP contribution in [0.25, 0.3) is 0 Å². The first kappa shape index (κ1) is 76.7. The molecule has 6 aromatic carbocycles. The molecule has 15 N–H and O–H groups in total. The molecule has 18 nitrogen and oxygen atoms in total. The van der Waals surface area contributed by atoms with E-state index in [1.54, 1.807) is 58.0 Å². The number of rotatable bonds is 16. The second-order valence-electron chi connectivity index (χ2n) is 25.4. The minimum Gasteiger partial charge on any atom is -0.508 e. The minimum absolute atomic E-state index is 0.00238. The number of aryl methyl sites for hydroxylation is 1. The third-order valence-corrected chi connectivity index (χ3v) is 13.5. The fourth-order valence-electron chi connectivity index (χ4n) is 8.73. The zero-order valence-electron chi connectivity index (χ0n) is 53.2. The van der Waals surface area contributed by atoms with Crippen LogP contribution in [0.15, 0.2) is 121 Å². The Hall–Kier alpha value is -8.32. The molecule has 0 aromatic heterocycles. The summed E-state index contributed by atoms with van der Waals surface area (Å²) in [7, 11) is 2.00. The van der Waals surface area contributed by atoms with Gasteiger partial charge in [0, 0.05) is 37.9 Å². The SMILES string of the molecule is CC(C)(C)c1ccc(O)c(O)c1.CC(C)(C)c1ccccc1.CO.CO.Cc1ccc(CC(CC(=O)C(Cc2ccc(O)c(O)c2)NC(=O)C(Cc2ccc(O)c(O)c2)CC(C)(C)C)C(=O)C(C)(C)C)cc1O.N[C@@H](Cc1ccc(O)c(O)c1)C(=O)O. The molecule has 87 heavy (non-hydrogen) atoms. The molecule has 0 spiro atoms. The highest BCUT2D eigenvalue weighted by Crippen LogP contribution is 2.34. The van der Waals surface area contributed by atoms with Crippen molar-refractivity contribution in [2.45, 2.75) is 151 Å². The lowest BCUT2D eigenvalue weighted by Gasteiger charge is -2.29. The number of nitrogens with two attached hydrogens (primary N) is 1. The molecule has 0 aliphatic heterocycles. The lowest BCUT2D eigenvalue weighted by molar-refractivity contribution is -0.138. The van der Waals surface area contributed by atoms with Crippen molar-refractivity contribution in [2.75, 3.05) is 14.2 Å². The van der Waals surface area contributed by atoms with Crippen LogP contribution < -0.4 is 11.1 Å². The van der Waals surface area contributed by atoms with Gasteiger partial charge >= 0.3 is 5.97 Å². The Labute approximate surface area is 513 Å². The van der Waals surface area contributed by atoms with Gasteiger partial charge < -0.3 is 72.3 Å². The van der Waals surface area contributed by atoms with Crippen LogP contribution in [0, 0.1) is 29.6 Å². The van der Waals surface area contributed by atoms with E-state index in [4.69, 9.17) is 36.4 Å². The molecule has 0 heterocycles. The molecule has 6 rings (SSSR count). The molecule has 6 aromatic rings. The molecular formula is C69H96N2O16. The number of hydrogen-bond acceptors (Lipinski definition) is 16. The summed E-state index contributed by atoms with van der Waals surface area (Å²) in [6.45, 7) is 26.0. The highest BCUT2D eigenvalue weighted by molar-refractivity contribution is 5.95. The summed E-state index contributed by atoms with van der Waals surface area (Å²) in [5.41, 5.74) is 10.1. The summed E-state index contributed by atoms with van der Waals surface area (Å²) < 4.78 is 0. The predicted octanol–water partition coefficient (Wildman–Crippen LogP) is 10.9. The van der Waals surface area contributed by atoms with Crippen LogP contribution in [-0.2, 0) is 55.7 Å². The number of aromatic hydroxyl groups is 9. The van der Waals surface area contributed by atoms with Gasteiger partial charge in [-0.1, -0.05) is 150 Å². The molecule has 3 unspecified atom stereocenters. The normalized spacial score (nSPS) is 12.5. The molecule has 18 heteroatoms. The smallest absolute Gasteiger partial charge is 0.320 e. The summed E-state index contributed by atoms with van der Waals surface area (Å²) >= 11 is 0. The number of carbonyl (C=O) groups is 4. The summed E-state index contributed by atoms with van der Waals surface area (Å²) in [4.78, 5) is 52.2. The summed E-state index contributed by atoms with van der Waals surface area (Å²) in [5, 5.41) is 112. The Kier molecular flexibility index (Phi) is 30.6. The van der Waals surface area contributed by atoms with E-state index in [1.165, 1.54) is 54.1 Å². The fourth-order valence-corrected chi connectivity index (χ4v) is 8.73. The van der Waals surface area contributed by atoms with E-state index in [0.717, 1.165) is 19.8 Å². The van der Waals surface area contributed by atoms with Gasteiger partial charge in [-0.3, -0.25) is 19.2 Å². The van der Waals surface area contributed by atoms with Crippen molar-refractivity contribution in [1.82, 2.24) is 5.32 Å². The molecule has 0 aliphatic rings. The molecule has 0 fully saturated rings. The van der Waals surface area contributed by atoms with Crippen LogP contribution in [0.2, 0.25) is 0 Å². The van der Waals surface area contributed by atoms with Crippen molar-refractivity contribution in [3.63, 3.8) is 0 Å². The highest BCUT2D eigenvalue weighted by atomic mass is 16.4. The predicted molar refractivity (Wildman–Crippen MR) is 340 cm³/mol. The average Bonchev–Trinajstić information content (AvgIpc) is 2.21. The summed E-state index contributed by atoms with van der Waals surface area (Å²) in [5.74, 6) is -5.12. The van der Waals surface area contributed by atoms with Gasteiger partial charge in [-0.15, -0.1) is 0 Å². The Morgan fingerprint density at radius 3 is 1.20 bits per heavy atom. The van der Waals surface area contributed by atoms with E-state index in [2.05, 4.69) is 77.2 Å². The molecule has 0 bridgehead atoms. The zero-order valence-corrected chi connectivity index (χ0v) is 53.2. The van der Waals surface area contributed by atoms with Crippen molar-refractivity contribution >= 4 is 23.4 Å². The number of Topliss-reactive ketones (excluding diaryl/α,β-unsaturated/α-hetero) is 2. The Morgan fingerprint density at radius 1 is 0.448 bits per heavy atom. The monoisotopic (exact) mass is 1210 g/mol. The van der Waals surface area contributed by atoms with E-state index < -0.39 is 41.2 Å². The molecule has 4 atom stereocenters. The number of carbonyl (C=O) groups excluding carboxylic acids is 3. The number of aliphatic hydroxyl groups is 2. The van der Waals surface area contributed by atoms with Gasteiger partial charge in [0.1, 0.15) is 17.6 Å². The number of carboxylic acids is 1. The van der Waals surface area contributed by atoms with Crippen LogP contribution in [0.4, 0.5) is 0 Å². The van der Waals surface area contributed by atoms with Crippen molar-refractivity contribution in [1.29, 1.82) is 0 Å². The van der Waals surface area contributed by atoms with Crippen LogP contribution in [-0.4, -0.2) is 111 Å². The van der Waals surface area contributed by atoms with Gasteiger partial charge in [0.15, 0.2) is 51.8 Å². The van der Waals surface area contributed by atoms with Crippen molar-refractivity contribution < 1.29 is 80.5 Å². The van der Waals surface area contributed by atoms with Crippen molar-refractivity contribution in [3.8, 4) is 51.7 Å². The van der Waals surface area contributed by atoms with Gasteiger partial charge in [-0.25, -0.2) is 0 Å². The standard InChI is InChI=1S/C38H49NO8.C10H14O2.C10H14.C9H11NO4.2CH4O/c1-22-8-9-23(17-31(22)42)14-26(35(46)38(5,6)7)20-32(43)28(16-25-11-13-30(41)34(45)19-25)39-36(47)27(21-37(2,3)4)15-24-10-12-29(40)33(44)18-24;1-10(2,3)7-4-5-8(11)9(12)6-7;1-10(2,3)9-7-5-4-6-8-9;10-6(9(13)14)3-5-1-2-7(11)8(12)4-5;2*1-2/h8-13,17-19,26-28,40-42,44-45H,14-16,20-21H2,1-7H3,(H,39,47);4-6,11-12H,1-3H3;4-8H,1-3H3;1-2,4,6,11-12H,3,10H2,(H,13,14);2*2H,1H3/t;;;6-;;/m...0../s1. The van der Waals surface area contributed by atoms with Crippen molar-refractivity contribution in [2.24, 2.45) is 28.4 Å². The number of aliphatic hydroxyl groups excluding tert-OH is 2. The lowest BCUT2D eigenvalue weighted by atomic mass is 9.77. The quantitative estimate of drug-likeness (QED) is 0.0400. The van der Waals surface area contributed by atoms with Gasteiger partial charge in [0.05, 0.1) is 6.04 Å². The van der Waals surface area contributed by atoms with E-state index in [9.17, 15) is 49.8 Å². The largest absolute Gasteiger partial charge is 0.508 e. The van der Waals surface area contributed by atoms with Gasteiger partial charge in [0.2, 0.25) is 5.91 Å². The van der Waals surface area contributed by atoms with E-state index >= 15 is 0 Å². The summed E-state index contributed by atoms with van der Waals surface area (Å²) in [6.07, 6.45) is 0.845. The number of nitrogens with one attached hydrogen (secondary N) is 1. The molecule has 478 valence electrons. The van der Waals surface area contributed by atoms with Crippen LogP contribution in [0.1, 0.15) is 135 Å². The summed E-state index contributed by atoms with van der Waals surface area (Å²) in [6, 6.07) is 31.3. The molecule has 0 aliphatic carbocycles. The van der Waals surface area contributed by atoms with E-state index in [0.29, 0.717) is 39.7 Å². The third-order valence-electron chi connectivity index (χ3n) is 13.5. The Balaban J connectivity index is 0.000000753. The molecule has 1 amide bonds. The van der Waals surface area contributed by atoms with Gasteiger partial charge in [-0.05, 0) is 149 Å². The van der Waals surface area contributed by atoms with Crippen LogP contribution in [0.3, 0.4) is 0 Å². The van der Waals surface area contributed by atoms with E-state index in [-0.39, 0.29) is 106 Å². The first-order valence-corrected chi connectivity index (χ1v) is 28.4. The third kappa shape index (κ3) is 27.3. The van der Waals surface area contributed by atoms with Gasteiger partial charge in [0.25, 0.3) is 0 Å². The topological polar surface area (TPSA) is 349 Å². The number of ketones is 2. The average molecular weight is 1210 g/mol. The zero-order chi connectivity index (χ0) is 66.9. The minimum atomic E-state index is -1.10. The lowest BCUT2D eigenvalue weighted by Crippen LogP contribution is -2.47. The number of hydrogen-bond donors (Lipinski definition) is 14. The second kappa shape index (κ2) is 34.7. The first-order valence-electron chi connectivity index (χ1n) is 28.4. The molecule has 0 radical (unpaired) electrons. The number of amides is 1. The van der Waals surface area contributed by atoms with Crippen LogP contribution >= 0.6 is 0 Å². The maximum Gasteiger partial charge on any atom is 0.320 e. The number of phenols is 9. The van der Waals surface area contributed by atoms with E-state index in [1.807, 2.05) is 32.9 Å². The maximum absolute atomic E-state index is 14.1. The number of benzene rings is 6. The first-order chi connectivity index (χ1) is 40.2. The molecular weight excluding hydrogens is 1110 g/mol. The molecule has 0 saturated carbocycles. The highest BCUT2D eigenvalue weighted by Gasteiger charge is 2.35. The second-order valence-corrected chi connectivity index (χ2v) is 25.4. The number of phenolic OH excluding ortho intramolecular Hbond substituents is 9. The van der Waals surface area contributed by atoms with Crippen LogP contribution in [0.5, 0.6) is 51.7 Å². The van der Waals surface area contributed by atoms with Gasteiger partial charge in [-0.2, -0.15) is 0 Å². The Morgan fingerprint density at radius 2 is 0.828 bits per heavy atom. The maximum atomic E-state index is 14.1. The molecule has 0 saturated heterocycles. The fraction of sp³-hybridized carbons (Fsp3) is 0.420. The van der Waals surface area contributed by atoms with Crippen molar-refractivity contribution in [3.05, 3.63) is 160 Å². The number of carboxylic acid groups (broad SMARTS) is 1.